The highest BCUT2D eigenvalue weighted by Crippen LogP contribution is 2.65. The molecule has 0 saturated carbocycles. The Bertz CT molecular complexity index is 1240. The molecule has 220 valence electrons. The highest BCUT2D eigenvalue weighted by atomic mass is 16.5. The minimum atomic E-state index is -1.11. The van der Waals surface area contributed by atoms with Crippen molar-refractivity contribution in [3.63, 3.8) is 0 Å². The van der Waals surface area contributed by atoms with Gasteiger partial charge in [-0.1, -0.05) is 40.7 Å². The van der Waals surface area contributed by atoms with Gasteiger partial charge in [0, 0.05) is 30.8 Å². The second-order valence-electron chi connectivity index (χ2n) is 13.3. The van der Waals surface area contributed by atoms with Crippen LogP contribution in [0.1, 0.15) is 87.0 Å². The molecule has 2 saturated heterocycles. The van der Waals surface area contributed by atoms with Crippen LogP contribution in [-0.4, -0.2) is 62.9 Å². The Morgan fingerprint density at radius 1 is 1.18 bits per heavy atom. The van der Waals surface area contributed by atoms with Gasteiger partial charge in [-0.3, -0.25) is 9.59 Å². The number of hydrogen-bond acceptors (Lipinski definition) is 7. The lowest BCUT2D eigenvalue weighted by Gasteiger charge is -2.53. The van der Waals surface area contributed by atoms with Crippen LogP contribution in [0.25, 0.3) is 0 Å². The van der Waals surface area contributed by atoms with Gasteiger partial charge in [0.05, 0.1) is 23.2 Å². The smallest absolute Gasteiger partial charge is 0.335 e. The number of aliphatic hydroxyl groups is 1. The van der Waals surface area contributed by atoms with Crippen LogP contribution >= 0.6 is 0 Å². The molecule has 0 aromatic heterocycles. The normalized spacial score (nSPS) is 36.2. The van der Waals surface area contributed by atoms with Crippen molar-refractivity contribution >= 4 is 23.7 Å². The number of esters is 1. The fourth-order valence-corrected chi connectivity index (χ4v) is 7.94. The standard InChI is InChI=1S/C31H42O9/c1-16(25(34)35)12-20(33)13-17(2)29(6)10-8-21-24(26(36)37)19(14-23(30(21,29)7)39-18(3)32)15-31-11-9-22(40-31)28(4,5)27(31)38/h8,12,17,20,22-23,33H,9-11,13-15H2,1-7H3,(H,34,35)(H,36,37)/b16-12+/t17-,20-,22+,23-,29+,30+,31+/m1/s1. The Hall–Kier alpha value is -2.78. The maximum atomic E-state index is 13.5. The van der Waals surface area contributed by atoms with E-state index in [0.29, 0.717) is 24.0 Å². The van der Waals surface area contributed by atoms with Crippen LogP contribution in [0.2, 0.25) is 0 Å². The van der Waals surface area contributed by atoms with Gasteiger partial charge in [-0.15, -0.1) is 0 Å². The van der Waals surface area contributed by atoms with Crippen molar-refractivity contribution in [3.05, 3.63) is 34.4 Å². The molecule has 2 aliphatic carbocycles. The second-order valence-corrected chi connectivity index (χ2v) is 13.3. The number of aliphatic hydroxyl groups excluding tert-OH is 1. The first-order valence-electron chi connectivity index (χ1n) is 14.1. The molecule has 0 radical (unpaired) electrons. The molecule has 2 aliphatic heterocycles. The SMILES string of the molecule is CC(=O)O[C@@H]1CC(C[C@]23CC[C@H](O2)C(C)(C)C3=O)=C(C(=O)O)C2=CC[C@@](C)([C@H](C)C[C@H](O)/C=C(\C)C(=O)O)[C@@]21C. The summed E-state index contributed by atoms with van der Waals surface area (Å²) in [5, 5.41) is 30.4. The van der Waals surface area contributed by atoms with Gasteiger partial charge in [0.25, 0.3) is 0 Å². The predicted molar refractivity (Wildman–Crippen MR) is 145 cm³/mol. The van der Waals surface area contributed by atoms with Crippen molar-refractivity contribution in [2.24, 2.45) is 22.2 Å². The fraction of sp³-hybridized carbons (Fsp3) is 0.677. The van der Waals surface area contributed by atoms with Crippen molar-refractivity contribution in [1.29, 1.82) is 0 Å². The van der Waals surface area contributed by atoms with E-state index in [1.807, 2.05) is 40.7 Å². The number of ketones is 1. The summed E-state index contributed by atoms with van der Waals surface area (Å²) in [5.74, 6) is -2.91. The first kappa shape index (κ1) is 30.2. The summed E-state index contributed by atoms with van der Waals surface area (Å²) >= 11 is 0. The number of carboxylic acids is 2. The summed E-state index contributed by atoms with van der Waals surface area (Å²) < 4.78 is 12.2. The number of fused-ring (bicyclic) bond motifs is 3. The average molecular weight is 559 g/mol. The quantitative estimate of drug-likeness (QED) is 0.277. The summed E-state index contributed by atoms with van der Waals surface area (Å²) in [6.07, 6.45) is 3.57. The molecule has 0 amide bonds. The number of carboxylic acid groups (broad SMARTS) is 2. The molecule has 3 N–H and O–H groups in total. The lowest BCUT2D eigenvalue weighted by atomic mass is 9.52. The number of carbonyl (C=O) groups excluding carboxylic acids is 2. The molecule has 9 heteroatoms. The third-order valence-electron chi connectivity index (χ3n) is 10.6. The van der Waals surface area contributed by atoms with Gasteiger partial charge in [-0.25, -0.2) is 9.59 Å². The van der Waals surface area contributed by atoms with Crippen LogP contribution in [0.5, 0.6) is 0 Å². The van der Waals surface area contributed by atoms with Gasteiger partial charge in [-0.05, 0) is 61.2 Å². The monoisotopic (exact) mass is 558 g/mol. The van der Waals surface area contributed by atoms with Crippen molar-refractivity contribution < 1.29 is 44.0 Å². The molecule has 9 nitrogen and oxygen atoms in total. The topological polar surface area (TPSA) is 147 Å². The maximum Gasteiger partial charge on any atom is 0.335 e. The van der Waals surface area contributed by atoms with Gasteiger partial charge < -0.3 is 24.8 Å². The van der Waals surface area contributed by atoms with E-state index in [2.05, 4.69) is 0 Å². The highest BCUT2D eigenvalue weighted by molar-refractivity contribution is 5.97. The van der Waals surface area contributed by atoms with E-state index in [0.717, 1.165) is 6.42 Å². The first-order valence-corrected chi connectivity index (χ1v) is 14.1. The molecule has 0 aromatic carbocycles. The molecule has 4 aliphatic rings. The van der Waals surface area contributed by atoms with E-state index in [4.69, 9.17) is 9.47 Å². The zero-order valence-corrected chi connectivity index (χ0v) is 24.5. The van der Waals surface area contributed by atoms with Gasteiger partial charge in [0.15, 0.2) is 5.78 Å². The number of carbonyl (C=O) groups is 4. The number of Topliss-reactive ketones (excluding diaryl/α,β-unsaturated/α-hetero) is 1. The number of rotatable bonds is 9. The summed E-state index contributed by atoms with van der Waals surface area (Å²) in [7, 11) is 0. The summed E-state index contributed by atoms with van der Waals surface area (Å²) in [4.78, 5) is 50.0. The van der Waals surface area contributed by atoms with Gasteiger partial charge in [0.2, 0.25) is 0 Å². The molecule has 2 fully saturated rings. The molecule has 0 unspecified atom stereocenters. The number of ether oxygens (including phenoxy) is 2. The van der Waals surface area contributed by atoms with Crippen LogP contribution in [0.4, 0.5) is 0 Å². The third kappa shape index (κ3) is 4.45. The van der Waals surface area contributed by atoms with E-state index in [1.165, 1.54) is 19.9 Å². The van der Waals surface area contributed by atoms with Gasteiger partial charge in [-0.2, -0.15) is 0 Å². The molecule has 2 bridgehead atoms. The zero-order valence-electron chi connectivity index (χ0n) is 24.5. The van der Waals surface area contributed by atoms with Crippen molar-refractivity contribution in [1.82, 2.24) is 0 Å². The highest BCUT2D eigenvalue weighted by Gasteiger charge is 2.65. The zero-order chi connectivity index (χ0) is 30.0. The van der Waals surface area contributed by atoms with Crippen LogP contribution in [0.3, 0.4) is 0 Å². The lowest BCUT2D eigenvalue weighted by Crippen LogP contribution is -2.53. The van der Waals surface area contributed by atoms with E-state index in [9.17, 15) is 34.5 Å². The van der Waals surface area contributed by atoms with Crippen LogP contribution in [0.15, 0.2) is 34.4 Å². The fourth-order valence-electron chi connectivity index (χ4n) is 7.94. The number of aliphatic carboxylic acids is 2. The molecule has 0 spiro atoms. The number of allylic oxidation sites excluding steroid dienone is 1. The molecule has 4 rings (SSSR count). The molecule has 0 aromatic rings. The van der Waals surface area contributed by atoms with E-state index in [1.54, 1.807) is 0 Å². The summed E-state index contributed by atoms with van der Waals surface area (Å²) in [6.45, 7) is 12.4. The second kappa shape index (κ2) is 9.94. The minimum absolute atomic E-state index is 0.0107. The predicted octanol–water partition coefficient (Wildman–Crippen LogP) is 4.38. The number of hydrogen-bond donors (Lipinski definition) is 3. The Morgan fingerprint density at radius 3 is 2.35 bits per heavy atom. The Kier molecular flexibility index (Phi) is 7.50. The Labute approximate surface area is 235 Å². The van der Waals surface area contributed by atoms with Gasteiger partial charge >= 0.3 is 17.9 Å². The third-order valence-corrected chi connectivity index (χ3v) is 10.6. The average Bonchev–Trinajstić information content (AvgIpc) is 3.44. The summed E-state index contributed by atoms with van der Waals surface area (Å²) in [6, 6.07) is 0. The van der Waals surface area contributed by atoms with Crippen LogP contribution in [-0.2, 0) is 28.7 Å². The van der Waals surface area contributed by atoms with Crippen LogP contribution in [0, 0.1) is 22.2 Å². The van der Waals surface area contributed by atoms with Gasteiger partial charge in [0.1, 0.15) is 11.7 Å². The van der Waals surface area contributed by atoms with E-state index in [-0.39, 0.29) is 48.2 Å². The maximum absolute atomic E-state index is 13.5. The molecular weight excluding hydrogens is 516 g/mol. The Balaban J connectivity index is 1.75. The molecule has 2 heterocycles. The van der Waals surface area contributed by atoms with Crippen molar-refractivity contribution in [2.75, 3.05) is 0 Å². The van der Waals surface area contributed by atoms with E-state index < -0.39 is 52.0 Å². The molecule has 40 heavy (non-hydrogen) atoms. The molecular formula is C31H42O9. The van der Waals surface area contributed by atoms with Crippen LogP contribution < -0.4 is 0 Å². The van der Waals surface area contributed by atoms with Crippen molar-refractivity contribution in [3.8, 4) is 0 Å². The Morgan fingerprint density at radius 2 is 1.82 bits per heavy atom. The minimum Gasteiger partial charge on any atom is -0.478 e. The molecule has 7 atom stereocenters. The van der Waals surface area contributed by atoms with E-state index >= 15 is 0 Å². The first-order chi connectivity index (χ1) is 18.4. The summed E-state index contributed by atoms with van der Waals surface area (Å²) in [5.41, 5.74) is -1.94. The van der Waals surface area contributed by atoms with Crippen molar-refractivity contribution in [2.45, 2.75) is 111 Å². The lowest BCUT2D eigenvalue weighted by molar-refractivity contribution is -0.159. The largest absolute Gasteiger partial charge is 0.478 e.